The van der Waals surface area contributed by atoms with Gasteiger partial charge in [0.2, 0.25) is 0 Å². The second-order valence-electron chi connectivity index (χ2n) is 2.01. The van der Waals surface area contributed by atoms with Gasteiger partial charge < -0.3 is 4.74 Å². The van der Waals surface area contributed by atoms with Gasteiger partial charge in [0.15, 0.2) is 0 Å². The quantitative estimate of drug-likeness (QED) is 0.616. The van der Waals surface area contributed by atoms with Crippen LogP contribution in [0.2, 0.25) is 0 Å². The summed E-state index contributed by atoms with van der Waals surface area (Å²) in [6, 6.07) is 3.81. The van der Waals surface area contributed by atoms with E-state index in [2.05, 4.69) is 11.9 Å². The molecule has 1 atom stereocenters. The van der Waals surface area contributed by atoms with Crippen LogP contribution in [0.1, 0.15) is 11.7 Å². The zero-order chi connectivity index (χ0) is 7.40. The lowest BCUT2D eigenvalue weighted by atomic mass is 10.2. The fourth-order valence-electron chi connectivity index (χ4n) is 0.703. The molecule has 0 saturated heterocycles. The van der Waals surface area contributed by atoms with Gasteiger partial charge in [0.25, 0.3) is 0 Å². The molecule has 0 fully saturated rings. The summed E-state index contributed by atoms with van der Waals surface area (Å²) in [5, 5.41) is 0. The normalized spacial score (nSPS) is 13.0. The molecule has 1 aromatic heterocycles. The van der Waals surface area contributed by atoms with Crippen molar-refractivity contribution in [3.63, 3.8) is 0 Å². The lowest BCUT2D eigenvalue weighted by Crippen LogP contribution is -1.95. The highest BCUT2D eigenvalue weighted by Gasteiger charge is 2.00. The van der Waals surface area contributed by atoms with Crippen molar-refractivity contribution in [1.82, 2.24) is 4.98 Å². The van der Waals surface area contributed by atoms with Crippen LogP contribution in [-0.4, -0.2) is 12.1 Å². The molecule has 0 N–H and O–H groups in total. The van der Waals surface area contributed by atoms with Crippen LogP contribution >= 0.6 is 0 Å². The van der Waals surface area contributed by atoms with Crippen molar-refractivity contribution < 1.29 is 4.74 Å². The van der Waals surface area contributed by atoms with Gasteiger partial charge in [-0.25, -0.2) is 0 Å². The SMILES string of the molecule is [CH2]C(OC)c1cccnc1. The average molecular weight is 136 g/mol. The van der Waals surface area contributed by atoms with Gasteiger partial charge in [-0.15, -0.1) is 0 Å². The van der Waals surface area contributed by atoms with Crippen molar-refractivity contribution in [2.24, 2.45) is 0 Å². The maximum absolute atomic E-state index is 4.99. The van der Waals surface area contributed by atoms with Crippen LogP contribution in [-0.2, 0) is 4.74 Å². The first-order valence-electron chi connectivity index (χ1n) is 3.10. The summed E-state index contributed by atoms with van der Waals surface area (Å²) in [6.45, 7) is 3.76. The number of nitrogens with zero attached hydrogens (tertiary/aromatic N) is 1. The molecule has 0 aliphatic heterocycles. The van der Waals surface area contributed by atoms with Crippen molar-refractivity contribution in [2.45, 2.75) is 6.10 Å². The van der Waals surface area contributed by atoms with Gasteiger partial charge in [-0.05, 0) is 18.6 Å². The number of hydrogen-bond acceptors (Lipinski definition) is 2. The molecule has 0 bridgehead atoms. The predicted octanol–water partition coefficient (Wildman–Crippen LogP) is 1.60. The third-order valence-electron chi connectivity index (χ3n) is 1.34. The van der Waals surface area contributed by atoms with E-state index in [4.69, 9.17) is 4.74 Å². The van der Waals surface area contributed by atoms with Crippen LogP contribution < -0.4 is 0 Å². The number of ether oxygens (including phenoxy) is 1. The zero-order valence-corrected chi connectivity index (χ0v) is 5.95. The molecular weight excluding hydrogens is 126 g/mol. The molecule has 2 nitrogen and oxygen atoms in total. The van der Waals surface area contributed by atoms with Crippen LogP contribution in [0.25, 0.3) is 0 Å². The Kier molecular flexibility index (Phi) is 2.40. The minimum absolute atomic E-state index is 0.103. The van der Waals surface area contributed by atoms with Gasteiger partial charge in [0.1, 0.15) is 0 Å². The molecule has 1 aromatic rings. The minimum atomic E-state index is -0.103. The smallest absolute Gasteiger partial charge is 0.0837 e. The van der Waals surface area contributed by atoms with Crippen molar-refractivity contribution in [3.8, 4) is 0 Å². The number of rotatable bonds is 2. The Bertz CT molecular complexity index is 186. The van der Waals surface area contributed by atoms with Crippen LogP contribution in [0.15, 0.2) is 24.5 Å². The number of methoxy groups -OCH3 is 1. The maximum Gasteiger partial charge on any atom is 0.0837 e. The van der Waals surface area contributed by atoms with Gasteiger partial charge >= 0.3 is 0 Å². The first kappa shape index (κ1) is 7.22. The largest absolute Gasteiger partial charge is 0.377 e. The van der Waals surface area contributed by atoms with E-state index in [1.165, 1.54) is 0 Å². The predicted molar refractivity (Wildman–Crippen MR) is 39.3 cm³/mol. The molecule has 2 heteroatoms. The summed E-state index contributed by atoms with van der Waals surface area (Å²) in [5.41, 5.74) is 1.00. The Labute approximate surface area is 60.9 Å². The molecule has 1 rings (SSSR count). The number of aromatic nitrogens is 1. The molecule has 1 heterocycles. The van der Waals surface area contributed by atoms with Crippen molar-refractivity contribution in [1.29, 1.82) is 0 Å². The summed E-state index contributed by atoms with van der Waals surface area (Å²) < 4.78 is 4.99. The Hall–Kier alpha value is -0.890. The highest BCUT2D eigenvalue weighted by atomic mass is 16.5. The molecule has 0 aliphatic carbocycles. The van der Waals surface area contributed by atoms with Gasteiger partial charge in [-0.3, -0.25) is 4.98 Å². The molecular formula is C8H10NO. The van der Waals surface area contributed by atoms with Gasteiger partial charge in [-0.2, -0.15) is 0 Å². The molecule has 0 amide bonds. The molecule has 0 saturated carbocycles. The molecule has 1 unspecified atom stereocenters. The van der Waals surface area contributed by atoms with E-state index >= 15 is 0 Å². The lowest BCUT2D eigenvalue weighted by Gasteiger charge is -2.07. The van der Waals surface area contributed by atoms with E-state index in [-0.39, 0.29) is 6.10 Å². The zero-order valence-electron chi connectivity index (χ0n) is 5.95. The van der Waals surface area contributed by atoms with Gasteiger partial charge in [-0.1, -0.05) is 6.07 Å². The van der Waals surface area contributed by atoms with Crippen molar-refractivity contribution in [3.05, 3.63) is 37.0 Å². The number of pyridine rings is 1. The fourth-order valence-corrected chi connectivity index (χ4v) is 0.703. The van der Waals surface area contributed by atoms with Crippen molar-refractivity contribution >= 4 is 0 Å². The molecule has 0 aliphatic rings. The second kappa shape index (κ2) is 3.32. The van der Waals surface area contributed by atoms with E-state index < -0.39 is 0 Å². The molecule has 0 spiro atoms. The van der Waals surface area contributed by atoms with Crippen LogP contribution in [0.5, 0.6) is 0 Å². The average Bonchev–Trinajstić information content (AvgIpc) is 2.05. The minimum Gasteiger partial charge on any atom is -0.377 e. The van der Waals surface area contributed by atoms with E-state index in [0.717, 1.165) is 5.56 Å². The molecule has 0 aromatic carbocycles. The second-order valence-corrected chi connectivity index (χ2v) is 2.01. The van der Waals surface area contributed by atoms with Crippen LogP contribution in [0, 0.1) is 6.92 Å². The summed E-state index contributed by atoms with van der Waals surface area (Å²) in [4.78, 5) is 3.93. The molecule has 1 radical (unpaired) electrons. The molecule has 53 valence electrons. The maximum atomic E-state index is 4.99. The highest BCUT2D eigenvalue weighted by molar-refractivity contribution is 5.12. The van der Waals surface area contributed by atoms with Crippen molar-refractivity contribution in [2.75, 3.05) is 7.11 Å². The third kappa shape index (κ3) is 1.54. The molecule has 10 heavy (non-hydrogen) atoms. The van der Waals surface area contributed by atoms with E-state index in [1.807, 2.05) is 12.1 Å². The summed E-state index contributed by atoms with van der Waals surface area (Å²) in [6.07, 6.45) is 3.38. The Balaban J connectivity index is 2.75. The Morgan fingerprint density at radius 3 is 3.00 bits per heavy atom. The summed E-state index contributed by atoms with van der Waals surface area (Å²) >= 11 is 0. The standard InChI is InChI=1S/C8H10NO/c1-7(10-2)8-4-3-5-9-6-8/h3-7H,1H2,2H3. The first-order valence-corrected chi connectivity index (χ1v) is 3.10. The monoisotopic (exact) mass is 136 g/mol. The van der Waals surface area contributed by atoms with Crippen LogP contribution in [0.3, 0.4) is 0 Å². The lowest BCUT2D eigenvalue weighted by molar-refractivity contribution is 0.140. The van der Waals surface area contributed by atoms with Gasteiger partial charge in [0, 0.05) is 19.5 Å². The van der Waals surface area contributed by atoms with E-state index in [9.17, 15) is 0 Å². The summed E-state index contributed by atoms with van der Waals surface area (Å²) in [5.74, 6) is 0. The summed E-state index contributed by atoms with van der Waals surface area (Å²) in [7, 11) is 1.63. The highest BCUT2D eigenvalue weighted by Crippen LogP contribution is 2.11. The van der Waals surface area contributed by atoms with E-state index in [0.29, 0.717) is 0 Å². The van der Waals surface area contributed by atoms with Gasteiger partial charge in [0.05, 0.1) is 6.10 Å². The van der Waals surface area contributed by atoms with E-state index in [1.54, 1.807) is 19.5 Å². The Morgan fingerprint density at radius 1 is 1.70 bits per heavy atom. The Morgan fingerprint density at radius 2 is 2.50 bits per heavy atom. The van der Waals surface area contributed by atoms with Crippen LogP contribution in [0.4, 0.5) is 0 Å². The topological polar surface area (TPSA) is 22.1 Å². The first-order chi connectivity index (χ1) is 4.84. The fraction of sp³-hybridized carbons (Fsp3) is 0.250. The number of hydrogen-bond donors (Lipinski definition) is 0. The third-order valence-corrected chi connectivity index (χ3v) is 1.34.